The maximum Gasteiger partial charge on any atom is 0.409 e. The van der Waals surface area contributed by atoms with Crippen molar-refractivity contribution in [1.82, 2.24) is 29.9 Å². The van der Waals surface area contributed by atoms with Crippen molar-refractivity contribution in [3.05, 3.63) is 17.6 Å². The number of amides is 1. The van der Waals surface area contributed by atoms with E-state index < -0.39 is 12.3 Å². The molecule has 2 aromatic heterocycles. The second-order valence-corrected chi connectivity index (χ2v) is 7.97. The lowest BCUT2D eigenvalue weighted by atomic mass is 9.98. The van der Waals surface area contributed by atoms with Gasteiger partial charge in [0.05, 0.1) is 12.7 Å². The first-order valence-corrected chi connectivity index (χ1v) is 10.8. The van der Waals surface area contributed by atoms with Crippen molar-refractivity contribution in [2.75, 3.05) is 13.6 Å². The first kappa shape index (κ1) is 22.9. The Morgan fingerprint density at radius 3 is 2.77 bits per heavy atom. The number of hydrogen-bond donors (Lipinski definition) is 0. The van der Waals surface area contributed by atoms with Crippen LogP contribution in [0.5, 0.6) is 5.88 Å². The largest absolute Gasteiger partial charge is 0.473 e. The summed E-state index contributed by atoms with van der Waals surface area (Å²) in [6, 6.07) is 0. The molecule has 170 valence electrons. The number of aryl methyl sites for hydroxylation is 2. The molecule has 0 aliphatic heterocycles. The quantitative estimate of drug-likeness (QED) is 0.626. The molecular weight excluding hydrogens is 403 g/mol. The number of halogens is 1. The Morgan fingerprint density at radius 1 is 1.35 bits per heavy atom. The van der Waals surface area contributed by atoms with Crippen LogP contribution in [0.2, 0.25) is 0 Å². The van der Waals surface area contributed by atoms with Crippen LogP contribution in [0.25, 0.3) is 11.4 Å². The summed E-state index contributed by atoms with van der Waals surface area (Å²) in [7, 11) is 3.21. The van der Waals surface area contributed by atoms with Crippen LogP contribution in [0.4, 0.5) is 9.18 Å². The van der Waals surface area contributed by atoms with Gasteiger partial charge in [0.25, 0.3) is 0 Å². The van der Waals surface area contributed by atoms with E-state index in [4.69, 9.17) is 9.47 Å². The summed E-state index contributed by atoms with van der Waals surface area (Å²) < 4.78 is 26.4. The minimum Gasteiger partial charge on any atom is -0.473 e. The van der Waals surface area contributed by atoms with Crippen molar-refractivity contribution in [1.29, 1.82) is 0 Å². The molecule has 1 fully saturated rings. The molecule has 1 amide bonds. The number of hydrogen-bond acceptors (Lipinski definition) is 7. The number of aromatic nitrogens is 5. The van der Waals surface area contributed by atoms with Gasteiger partial charge in [-0.1, -0.05) is 18.6 Å². The number of ether oxygens (including phenoxy) is 2. The summed E-state index contributed by atoms with van der Waals surface area (Å²) in [5.74, 6) is 0.533. The highest BCUT2D eigenvalue weighted by molar-refractivity contribution is 5.67. The van der Waals surface area contributed by atoms with E-state index in [0.717, 1.165) is 12.8 Å². The molecule has 0 N–H and O–H groups in total. The Balaban J connectivity index is 1.68. The molecule has 31 heavy (non-hydrogen) atoms. The number of alkyl halides is 1. The monoisotopic (exact) mass is 434 g/mol. The van der Waals surface area contributed by atoms with E-state index in [2.05, 4.69) is 20.3 Å². The van der Waals surface area contributed by atoms with Gasteiger partial charge in [0, 0.05) is 14.1 Å². The highest BCUT2D eigenvalue weighted by Gasteiger charge is 2.21. The van der Waals surface area contributed by atoms with Crippen molar-refractivity contribution in [2.24, 2.45) is 7.05 Å². The van der Waals surface area contributed by atoms with Crippen LogP contribution in [-0.2, 0) is 18.4 Å². The van der Waals surface area contributed by atoms with E-state index >= 15 is 0 Å². The summed E-state index contributed by atoms with van der Waals surface area (Å²) in [4.78, 5) is 22.4. The second kappa shape index (κ2) is 10.5. The third-order valence-electron chi connectivity index (χ3n) is 5.48. The minimum absolute atomic E-state index is 0.0149. The Bertz CT molecular complexity index is 884. The second-order valence-electron chi connectivity index (χ2n) is 7.97. The molecule has 10 heteroatoms. The van der Waals surface area contributed by atoms with Crippen LogP contribution >= 0.6 is 0 Å². The maximum absolute atomic E-state index is 13.5. The van der Waals surface area contributed by atoms with Crippen molar-refractivity contribution >= 4 is 6.09 Å². The zero-order valence-corrected chi connectivity index (χ0v) is 18.7. The summed E-state index contributed by atoms with van der Waals surface area (Å²) >= 11 is 0. The van der Waals surface area contributed by atoms with E-state index in [1.54, 1.807) is 20.2 Å². The Kier molecular flexibility index (Phi) is 7.75. The van der Waals surface area contributed by atoms with Gasteiger partial charge in [0.1, 0.15) is 41.7 Å². The van der Waals surface area contributed by atoms with Crippen LogP contribution in [0.1, 0.15) is 56.8 Å². The lowest BCUT2D eigenvalue weighted by molar-refractivity contribution is 0.0932. The molecule has 0 aromatic carbocycles. The van der Waals surface area contributed by atoms with Crippen LogP contribution in [0.3, 0.4) is 0 Å². The number of carbonyl (C=O) groups is 1. The zero-order valence-electron chi connectivity index (χ0n) is 18.7. The molecule has 0 spiro atoms. The van der Waals surface area contributed by atoms with Gasteiger partial charge in [-0.3, -0.25) is 0 Å². The predicted molar refractivity (Wildman–Crippen MR) is 112 cm³/mol. The summed E-state index contributed by atoms with van der Waals surface area (Å²) in [6.07, 6.45) is 6.12. The van der Waals surface area contributed by atoms with E-state index in [1.807, 2.05) is 6.92 Å². The highest BCUT2D eigenvalue weighted by atomic mass is 19.1. The highest BCUT2D eigenvalue weighted by Crippen LogP contribution is 2.26. The first-order chi connectivity index (χ1) is 14.9. The van der Waals surface area contributed by atoms with Gasteiger partial charge in [0.2, 0.25) is 5.88 Å². The van der Waals surface area contributed by atoms with E-state index in [1.165, 1.54) is 35.9 Å². The third kappa shape index (κ3) is 5.89. The van der Waals surface area contributed by atoms with Crippen LogP contribution in [0.15, 0.2) is 6.20 Å². The topological polar surface area (TPSA) is 95.3 Å². The molecule has 0 bridgehead atoms. The predicted octanol–water partition coefficient (Wildman–Crippen LogP) is 3.61. The fraction of sp³-hybridized carbons (Fsp3) is 0.667. The van der Waals surface area contributed by atoms with E-state index in [-0.39, 0.29) is 19.3 Å². The molecule has 3 rings (SSSR count). The summed E-state index contributed by atoms with van der Waals surface area (Å²) in [6.45, 7) is 3.50. The molecule has 2 aromatic rings. The normalized spacial score (nSPS) is 15.5. The zero-order chi connectivity index (χ0) is 22.4. The molecule has 1 unspecified atom stereocenters. The summed E-state index contributed by atoms with van der Waals surface area (Å²) in [5.41, 5.74) is 2.25. The minimum atomic E-state index is -1.08. The number of rotatable bonds is 8. The fourth-order valence-corrected chi connectivity index (χ4v) is 3.52. The molecule has 1 aliphatic rings. The van der Waals surface area contributed by atoms with Crippen LogP contribution < -0.4 is 4.74 Å². The molecule has 0 radical (unpaired) electrons. The van der Waals surface area contributed by atoms with Crippen molar-refractivity contribution in [2.45, 2.75) is 71.3 Å². The molecule has 1 aliphatic carbocycles. The summed E-state index contributed by atoms with van der Waals surface area (Å²) in [5, 5.41) is 8.19. The molecule has 0 saturated heterocycles. The van der Waals surface area contributed by atoms with Gasteiger partial charge in [-0.2, -0.15) is 0 Å². The van der Waals surface area contributed by atoms with Gasteiger partial charge in [-0.15, -0.1) is 5.10 Å². The Hall–Kier alpha value is -2.78. The SMILES string of the molecule is CCC(F)CN(C)C(=O)OCc1c(-c2cnc(OC3CCCCC3)c(C)n2)nnn1C. The van der Waals surface area contributed by atoms with E-state index in [9.17, 15) is 9.18 Å². The standard InChI is InChI=1S/C21H31FN6O3/c1-5-15(22)12-27(3)21(29)30-13-18-19(25-26-28(18)4)17-11-23-20(14(2)24-17)31-16-9-7-6-8-10-16/h11,15-16H,5-10,12-13H2,1-4H3. The Labute approximate surface area is 182 Å². The van der Waals surface area contributed by atoms with Gasteiger partial charge in [-0.25, -0.2) is 23.8 Å². The van der Waals surface area contributed by atoms with Crippen molar-refractivity contribution in [3.63, 3.8) is 0 Å². The van der Waals surface area contributed by atoms with Crippen LogP contribution in [0, 0.1) is 6.92 Å². The molecule has 2 heterocycles. The Morgan fingerprint density at radius 2 is 2.10 bits per heavy atom. The smallest absolute Gasteiger partial charge is 0.409 e. The molecule has 1 saturated carbocycles. The van der Waals surface area contributed by atoms with E-state index in [0.29, 0.717) is 35.1 Å². The fourth-order valence-electron chi connectivity index (χ4n) is 3.52. The third-order valence-corrected chi connectivity index (χ3v) is 5.48. The van der Waals surface area contributed by atoms with Crippen molar-refractivity contribution < 1.29 is 18.7 Å². The lowest BCUT2D eigenvalue weighted by Crippen LogP contribution is -2.33. The molecule has 9 nitrogen and oxygen atoms in total. The number of nitrogens with zero attached hydrogens (tertiary/aromatic N) is 6. The average molecular weight is 435 g/mol. The van der Waals surface area contributed by atoms with Gasteiger partial charge >= 0.3 is 6.09 Å². The maximum atomic E-state index is 13.5. The molecule has 1 atom stereocenters. The lowest BCUT2D eigenvalue weighted by Gasteiger charge is -2.22. The van der Waals surface area contributed by atoms with Crippen molar-refractivity contribution in [3.8, 4) is 17.3 Å². The van der Waals surface area contributed by atoms with Crippen LogP contribution in [-0.4, -0.2) is 61.8 Å². The van der Waals surface area contributed by atoms with Gasteiger partial charge in [-0.05, 0) is 39.0 Å². The number of carbonyl (C=O) groups excluding carboxylic acids is 1. The average Bonchev–Trinajstić information content (AvgIpc) is 3.14. The van der Waals surface area contributed by atoms with Gasteiger partial charge < -0.3 is 14.4 Å². The molecular formula is C21H31FN6O3. The van der Waals surface area contributed by atoms with Gasteiger partial charge in [0.15, 0.2) is 0 Å². The first-order valence-electron chi connectivity index (χ1n) is 10.8.